The average molecular weight is 572 g/mol. The molecule has 1 fully saturated rings. The first-order valence-corrected chi connectivity index (χ1v) is 12.4. The lowest BCUT2D eigenvalue weighted by Crippen LogP contribution is -2.40. The maximum Gasteiger partial charge on any atom is 0.326 e. The molecule has 0 bridgehead atoms. The molecular formula is C27H18F6N6O2. The Kier molecular flexibility index (Phi) is 6.39. The van der Waals surface area contributed by atoms with E-state index in [9.17, 15) is 35.9 Å². The van der Waals surface area contributed by atoms with Crippen LogP contribution < -0.4 is 5.69 Å². The van der Waals surface area contributed by atoms with Crippen LogP contribution >= 0.6 is 0 Å². The number of amides is 1. The molecule has 4 heterocycles. The third-order valence-electron chi connectivity index (χ3n) is 7.07. The van der Waals surface area contributed by atoms with Crippen molar-refractivity contribution in [3.63, 3.8) is 0 Å². The van der Waals surface area contributed by atoms with Crippen molar-refractivity contribution < 1.29 is 31.1 Å². The van der Waals surface area contributed by atoms with Gasteiger partial charge in [-0.3, -0.25) is 14.3 Å². The van der Waals surface area contributed by atoms with E-state index < -0.39 is 58.1 Å². The number of nitrogens with zero attached hydrogens (tertiary/aromatic N) is 5. The van der Waals surface area contributed by atoms with Crippen molar-refractivity contribution in [1.29, 1.82) is 0 Å². The molecule has 1 aliphatic heterocycles. The fourth-order valence-corrected chi connectivity index (χ4v) is 5.11. The Labute approximate surface area is 226 Å². The number of hydrogen-bond donors (Lipinski definition) is 1. The molecule has 210 valence electrons. The molecular weight excluding hydrogens is 554 g/mol. The predicted molar refractivity (Wildman–Crippen MR) is 133 cm³/mol. The number of benzene rings is 2. The summed E-state index contributed by atoms with van der Waals surface area (Å²) in [6, 6.07) is 6.20. The fourth-order valence-electron chi connectivity index (χ4n) is 5.11. The largest absolute Gasteiger partial charge is 0.337 e. The van der Waals surface area contributed by atoms with Crippen molar-refractivity contribution in [2.24, 2.45) is 0 Å². The predicted octanol–water partition coefficient (Wildman–Crippen LogP) is 4.89. The number of likely N-dealkylation sites (tertiary alicyclic amines) is 1. The van der Waals surface area contributed by atoms with Crippen LogP contribution in [0.1, 0.15) is 29.4 Å². The summed E-state index contributed by atoms with van der Waals surface area (Å²) in [7, 11) is 0. The molecule has 1 saturated heterocycles. The molecule has 41 heavy (non-hydrogen) atoms. The Hall–Kier alpha value is -4.88. The molecule has 0 spiro atoms. The van der Waals surface area contributed by atoms with Crippen LogP contribution in [0, 0.1) is 34.9 Å². The topological polar surface area (TPSA) is 88.8 Å². The van der Waals surface area contributed by atoms with Gasteiger partial charge in [0.05, 0.1) is 16.9 Å². The number of carbonyl (C=O) groups excluding carboxylic acids is 1. The molecule has 8 nitrogen and oxygen atoms in total. The molecule has 14 heteroatoms. The number of nitrogens with one attached hydrogen (secondary N) is 1. The van der Waals surface area contributed by atoms with Gasteiger partial charge in [0.2, 0.25) is 0 Å². The lowest BCUT2D eigenvalue weighted by Gasteiger charge is -2.32. The molecule has 6 rings (SSSR count). The highest BCUT2D eigenvalue weighted by Gasteiger charge is 2.30. The van der Waals surface area contributed by atoms with E-state index >= 15 is 0 Å². The highest BCUT2D eigenvalue weighted by Crippen LogP contribution is 2.30. The molecule has 0 unspecified atom stereocenters. The number of carbonyl (C=O) groups is 1. The Morgan fingerprint density at radius 2 is 1.49 bits per heavy atom. The van der Waals surface area contributed by atoms with Gasteiger partial charge in [-0.25, -0.2) is 35.8 Å². The van der Waals surface area contributed by atoms with Crippen LogP contribution in [0.5, 0.6) is 0 Å². The van der Waals surface area contributed by atoms with Gasteiger partial charge in [0.25, 0.3) is 5.91 Å². The van der Waals surface area contributed by atoms with Gasteiger partial charge in [-0.2, -0.15) is 5.10 Å². The molecule has 2 aromatic carbocycles. The summed E-state index contributed by atoms with van der Waals surface area (Å²) in [6.45, 7) is 0.205. The van der Waals surface area contributed by atoms with Crippen molar-refractivity contribution in [1.82, 2.24) is 29.2 Å². The summed E-state index contributed by atoms with van der Waals surface area (Å²) in [5.74, 6) is -9.66. The third kappa shape index (κ3) is 4.44. The summed E-state index contributed by atoms with van der Waals surface area (Å²) < 4.78 is 85.9. The minimum absolute atomic E-state index is 0.0757. The zero-order valence-corrected chi connectivity index (χ0v) is 20.8. The normalized spacial score (nSPS) is 14.2. The first-order chi connectivity index (χ1) is 19.6. The molecule has 0 radical (unpaired) electrons. The van der Waals surface area contributed by atoms with E-state index in [2.05, 4.69) is 15.1 Å². The van der Waals surface area contributed by atoms with E-state index in [1.165, 1.54) is 23.4 Å². The first kappa shape index (κ1) is 26.3. The fraction of sp³-hybridized carbons (Fsp3) is 0.185. The minimum atomic E-state index is -1.70. The van der Waals surface area contributed by atoms with Crippen LogP contribution in [0.15, 0.2) is 53.6 Å². The summed E-state index contributed by atoms with van der Waals surface area (Å²) in [4.78, 5) is 33.7. The van der Waals surface area contributed by atoms with Crippen molar-refractivity contribution in [3.8, 4) is 16.9 Å². The number of pyridine rings is 1. The number of aromatic nitrogens is 5. The third-order valence-corrected chi connectivity index (χ3v) is 7.07. The second-order valence-corrected chi connectivity index (χ2v) is 9.49. The van der Waals surface area contributed by atoms with E-state index in [-0.39, 0.29) is 48.5 Å². The number of halogens is 6. The van der Waals surface area contributed by atoms with Gasteiger partial charge in [0.15, 0.2) is 40.6 Å². The molecule has 3 aromatic heterocycles. The van der Waals surface area contributed by atoms with Crippen LogP contribution in [0.2, 0.25) is 0 Å². The maximum atomic E-state index is 14.6. The first-order valence-electron chi connectivity index (χ1n) is 12.4. The zero-order valence-electron chi connectivity index (χ0n) is 20.8. The second kappa shape index (κ2) is 9.94. The smallest absolute Gasteiger partial charge is 0.326 e. The van der Waals surface area contributed by atoms with E-state index in [4.69, 9.17) is 0 Å². The highest BCUT2D eigenvalue weighted by molar-refractivity contribution is 5.93. The minimum Gasteiger partial charge on any atom is -0.337 e. The van der Waals surface area contributed by atoms with Crippen molar-refractivity contribution in [2.75, 3.05) is 13.1 Å². The molecule has 1 N–H and O–H groups in total. The lowest BCUT2D eigenvalue weighted by atomic mass is 10.0. The van der Waals surface area contributed by atoms with Crippen LogP contribution in [0.25, 0.3) is 28.0 Å². The van der Waals surface area contributed by atoms with Gasteiger partial charge in [0.1, 0.15) is 5.52 Å². The Morgan fingerprint density at radius 3 is 2.15 bits per heavy atom. The molecule has 1 aliphatic rings. The molecule has 0 aliphatic carbocycles. The van der Waals surface area contributed by atoms with Crippen molar-refractivity contribution >= 4 is 16.9 Å². The second-order valence-electron chi connectivity index (χ2n) is 9.49. The summed E-state index contributed by atoms with van der Waals surface area (Å²) in [6.07, 6.45) is 3.31. The molecule has 1 amide bonds. The Morgan fingerprint density at radius 1 is 0.854 bits per heavy atom. The van der Waals surface area contributed by atoms with E-state index in [1.54, 1.807) is 12.1 Å². The highest BCUT2D eigenvalue weighted by atomic mass is 19.2. The van der Waals surface area contributed by atoms with Crippen molar-refractivity contribution in [2.45, 2.75) is 18.9 Å². The molecule has 0 saturated carbocycles. The van der Waals surface area contributed by atoms with Crippen LogP contribution in [0.4, 0.5) is 26.3 Å². The monoisotopic (exact) mass is 572 g/mol. The summed E-state index contributed by atoms with van der Waals surface area (Å²) in [5, 5.41) is 4.26. The number of fused-ring (bicyclic) bond motifs is 1. The Bertz CT molecular complexity index is 1850. The van der Waals surface area contributed by atoms with Gasteiger partial charge < -0.3 is 9.88 Å². The summed E-state index contributed by atoms with van der Waals surface area (Å²) in [5.41, 5.74) is -0.756. The molecule has 5 aromatic rings. The van der Waals surface area contributed by atoms with Crippen molar-refractivity contribution in [3.05, 3.63) is 99.9 Å². The quantitative estimate of drug-likeness (QED) is 0.246. The van der Waals surface area contributed by atoms with E-state index in [0.717, 1.165) is 21.4 Å². The SMILES string of the molecule is O=C(c1cc(-c2ccncc2)n(-c2cc(F)c(F)c(F)c2)n1)N1CCC(n2c(=O)[nH]c3cc(F)c(F)c(F)c32)CC1. The number of hydrogen-bond acceptors (Lipinski definition) is 4. The van der Waals surface area contributed by atoms with Crippen LogP contribution in [0.3, 0.4) is 0 Å². The summed E-state index contributed by atoms with van der Waals surface area (Å²) >= 11 is 0. The lowest BCUT2D eigenvalue weighted by molar-refractivity contribution is 0.0688. The molecule has 0 atom stereocenters. The van der Waals surface area contributed by atoms with Gasteiger partial charge in [-0.05, 0) is 31.0 Å². The zero-order chi connectivity index (χ0) is 29.0. The van der Waals surface area contributed by atoms with Gasteiger partial charge in [0, 0.05) is 55.3 Å². The average Bonchev–Trinajstić information content (AvgIpc) is 3.56. The standard InChI is InChI=1S/C27H18F6N6O2/c28-16-9-15(10-17(29)22(16)31)39-21(13-1-5-34-6-2-13)12-20(36-39)26(40)37-7-3-14(4-8-37)38-25-19(35-27(38)41)11-18(30)23(32)24(25)33/h1-2,5-6,9-12,14H,3-4,7-8H2,(H,35,41). The maximum absolute atomic E-state index is 14.6. The Balaban J connectivity index is 1.30. The van der Waals surface area contributed by atoms with E-state index in [1.807, 2.05) is 0 Å². The van der Waals surface area contributed by atoms with Gasteiger partial charge in [-0.1, -0.05) is 0 Å². The number of H-pyrrole nitrogens is 1. The number of rotatable bonds is 4. The number of imidazole rings is 1. The number of piperidine rings is 1. The van der Waals surface area contributed by atoms with Crippen LogP contribution in [-0.4, -0.2) is 48.2 Å². The number of aromatic amines is 1. The van der Waals surface area contributed by atoms with Gasteiger partial charge in [-0.15, -0.1) is 0 Å². The van der Waals surface area contributed by atoms with Gasteiger partial charge >= 0.3 is 5.69 Å². The van der Waals surface area contributed by atoms with Crippen LogP contribution in [-0.2, 0) is 0 Å². The van der Waals surface area contributed by atoms with E-state index in [0.29, 0.717) is 11.6 Å².